The van der Waals surface area contributed by atoms with Crippen molar-refractivity contribution in [3.8, 4) is 11.5 Å². The van der Waals surface area contributed by atoms with Crippen LogP contribution in [0.25, 0.3) is 0 Å². The van der Waals surface area contributed by atoms with Gasteiger partial charge in [0.05, 0.1) is 11.5 Å². The molecule has 0 atom stereocenters. The molecule has 0 saturated heterocycles. The SMILES string of the molecule is O=[N+]([O-])c1c(OCCBr)cccc1OCc1ccccc1. The van der Waals surface area contributed by atoms with Gasteiger partial charge < -0.3 is 9.47 Å². The third-order valence-corrected chi connectivity index (χ3v) is 3.04. The summed E-state index contributed by atoms with van der Waals surface area (Å²) in [5.41, 5.74) is 0.799. The summed E-state index contributed by atoms with van der Waals surface area (Å²) < 4.78 is 10.9. The van der Waals surface area contributed by atoms with Gasteiger partial charge in [-0.25, -0.2) is 0 Å². The minimum Gasteiger partial charge on any atom is -0.486 e. The summed E-state index contributed by atoms with van der Waals surface area (Å²) in [4.78, 5) is 10.8. The van der Waals surface area contributed by atoms with Crippen LogP contribution in [0.4, 0.5) is 5.69 Å². The first-order chi connectivity index (χ1) is 10.2. The van der Waals surface area contributed by atoms with Crippen LogP contribution in [-0.2, 0) is 6.61 Å². The molecule has 0 amide bonds. The molecule has 2 aromatic carbocycles. The van der Waals surface area contributed by atoms with Crippen LogP contribution >= 0.6 is 15.9 Å². The first kappa shape index (κ1) is 15.3. The molecule has 0 unspecified atom stereocenters. The minimum atomic E-state index is -0.482. The molecule has 6 heteroatoms. The Balaban J connectivity index is 2.20. The van der Waals surface area contributed by atoms with E-state index in [1.165, 1.54) is 0 Å². The number of rotatable bonds is 7. The molecule has 0 aliphatic carbocycles. The molecule has 0 bridgehead atoms. The van der Waals surface area contributed by atoms with Crippen LogP contribution in [0.5, 0.6) is 11.5 Å². The van der Waals surface area contributed by atoms with Crippen molar-refractivity contribution in [2.75, 3.05) is 11.9 Å². The van der Waals surface area contributed by atoms with Crippen LogP contribution in [0.1, 0.15) is 5.56 Å². The van der Waals surface area contributed by atoms with Gasteiger partial charge in [0.1, 0.15) is 6.61 Å². The third kappa shape index (κ3) is 4.19. The van der Waals surface area contributed by atoms with E-state index in [9.17, 15) is 10.1 Å². The van der Waals surface area contributed by atoms with Crippen LogP contribution in [-0.4, -0.2) is 16.9 Å². The molecule has 0 fully saturated rings. The highest BCUT2D eigenvalue weighted by molar-refractivity contribution is 9.09. The Kier molecular flexibility index (Phi) is 5.57. The van der Waals surface area contributed by atoms with Crippen molar-refractivity contribution in [3.63, 3.8) is 0 Å². The molecule has 2 rings (SSSR count). The van der Waals surface area contributed by atoms with Gasteiger partial charge in [-0.2, -0.15) is 0 Å². The molecule has 0 aromatic heterocycles. The van der Waals surface area contributed by atoms with Crippen molar-refractivity contribution in [3.05, 3.63) is 64.2 Å². The zero-order chi connectivity index (χ0) is 15.1. The number of nitro groups is 1. The van der Waals surface area contributed by atoms with Gasteiger partial charge in [-0.3, -0.25) is 10.1 Å². The molecular formula is C15H14BrNO4. The van der Waals surface area contributed by atoms with E-state index >= 15 is 0 Å². The second kappa shape index (κ2) is 7.64. The maximum atomic E-state index is 11.3. The number of ether oxygens (including phenoxy) is 2. The number of hydrogen-bond acceptors (Lipinski definition) is 4. The van der Waals surface area contributed by atoms with Crippen LogP contribution in [0, 0.1) is 10.1 Å². The minimum absolute atomic E-state index is 0.144. The predicted molar refractivity (Wildman–Crippen MR) is 83.2 cm³/mol. The molecule has 0 saturated carbocycles. The second-order valence-corrected chi connectivity index (χ2v) is 4.96. The fourth-order valence-electron chi connectivity index (χ4n) is 1.80. The maximum Gasteiger partial charge on any atom is 0.352 e. The van der Waals surface area contributed by atoms with E-state index in [1.807, 2.05) is 30.3 Å². The number of nitrogens with zero attached hydrogens (tertiary/aromatic N) is 1. The topological polar surface area (TPSA) is 61.6 Å². The molecule has 0 aliphatic heterocycles. The molecule has 2 aromatic rings. The molecule has 0 radical (unpaired) electrons. The quantitative estimate of drug-likeness (QED) is 0.430. The number of halogens is 1. The van der Waals surface area contributed by atoms with E-state index in [0.717, 1.165) is 5.56 Å². The molecule has 5 nitrogen and oxygen atoms in total. The predicted octanol–water partition coefficient (Wildman–Crippen LogP) is 3.95. The number of para-hydroxylation sites is 1. The third-order valence-electron chi connectivity index (χ3n) is 2.72. The molecule has 21 heavy (non-hydrogen) atoms. The van der Waals surface area contributed by atoms with Crippen molar-refractivity contribution in [1.82, 2.24) is 0 Å². The molecule has 0 N–H and O–H groups in total. The maximum absolute atomic E-state index is 11.3. The molecule has 0 spiro atoms. The summed E-state index contributed by atoms with van der Waals surface area (Å²) >= 11 is 3.22. The van der Waals surface area contributed by atoms with Gasteiger partial charge in [-0.1, -0.05) is 52.3 Å². The molecule has 0 aliphatic rings. The zero-order valence-electron chi connectivity index (χ0n) is 11.2. The Hall–Kier alpha value is -2.08. The van der Waals surface area contributed by atoms with E-state index in [0.29, 0.717) is 11.9 Å². The lowest BCUT2D eigenvalue weighted by molar-refractivity contribution is -0.386. The fraction of sp³-hybridized carbons (Fsp3) is 0.200. The number of hydrogen-bond donors (Lipinski definition) is 0. The Labute approximate surface area is 130 Å². The van der Waals surface area contributed by atoms with Crippen LogP contribution < -0.4 is 9.47 Å². The van der Waals surface area contributed by atoms with E-state index in [4.69, 9.17) is 9.47 Å². The van der Waals surface area contributed by atoms with Crippen molar-refractivity contribution in [2.45, 2.75) is 6.61 Å². The van der Waals surface area contributed by atoms with Crippen molar-refractivity contribution >= 4 is 21.6 Å². The highest BCUT2D eigenvalue weighted by Crippen LogP contribution is 2.36. The lowest BCUT2D eigenvalue weighted by atomic mass is 10.2. The highest BCUT2D eigenvalue weighted by atomic mass is 79.9. The lowest BCUT2D eigenvalue weighted by Gasteiger charge is -2.10. The first-order valence-electron chi connectivity index (χ1n) is 6.35. The van der Waals surface area contributed by atoms with Gasteiger partial charge in [0.15, 0.2) is 0 Å². The van der Waals surface area contributed by atoms with E-state index < -0.39 is 4.92 Å². The molecular weight excluding hydrogens is 338 g/mol. The summed E-state index contributed by atoms with van der Waals surface area (Å²) in [6.07, 6.45) is 0. The van der Waals surface area contributed by atoms with Crippen molar-refractivity contribution in [2.24, 2.45) is 0 Å². The summed E-state index contributed by atoms with van der Waals surface area (Å²) in [6.45, 7) is 0.618. The molecule has 0 heterocycles. The Morgan fingerprint density at radius 1 is 1.00 bits per heavy atom. The Morgan fingerprint density at radius 2 is 1.67 bits per heavy atom. The van der Waals surface area contributed by atoms with Crippen LogP contribution in [0.3, 0.4) is 0 Å². The normalized spacial score (nSPS) is 10.1. The van der Waals surface area contributed by atoms with Gasteiger partial charge in [0, 0.05) is 5.33 Å². The highest BCUT2D eigenvalue weighted by Gasteiger charge is 2.22. The second-order valence-electron chi connectivity index (χ2n) is 4.17. The van der Waals surface area contributed by atoms with Gasteiger partial charge >= 0.3 is 5.69 Å². The smallest absolute Gasteiger partial charge is 0.352 e. The van der Waals surface area contributed by atoms with E-state index in [2.05, 4.69) is 15.9 Å². The Bertz CT molecular complexity index is 604. The zero-order valence-corrected chi connectivity index (χ0v) is 12.8. The van der Waals surface area contributed by atoms with Crippen molar-refractivity contribution < 1.29 is 14.4 Å². The largest absolute Gasteiger partial charge is 0.486 e. The summed E-state index contributed by atoms with van der Waals surface area (Å²) in [5.74, 6) is 0.418. The number of benzene rings is 2. The average Bonchev–Trinajstić information content (AvgIpc) is 2.51. The van der Waals surface area contributed by atoms with E-state index in [1.54, 1.807) is 18.2 Å². The monoisotopic (exact) mass is 351 g/mol. The van der Waals surface area contributed by atoms with Crippen LogP contribution in [0.15, 0.2) is 48.5 Å². The lowest BCUT2D eigenvalue weighted by Crippen LogP contribution is -2.04. The summed E-state index contributed by atoms with van der Waals surface area (Å²) in [6, 6.07) is 14.3. The fourth-order valence-corrected chi connectivity index (χ4v) is 1.96. The van der Waals surface area contributed by atoms with E-state index in [-0.39, 0.29) is 23.8 Å². The number of nitro benzene ring substituents is 1. The standard InChI is InChI=1S/C15H14BrNO4/c16-9-10-20-13-7-4-8-14(15(13)17(18)19)21-11-12-5-2-1-3-6-12/h1-8H,9-11H2. The Morgan fingerprint density at radius 3 is 2.29 bits per heavy atom. The number of alkyl halides is 1. The van der Waals surface area contributed by atoms with Gasteiger partial charge in [-0.15, -0.1) is 0 Å². The first-order valence-corrected chi connectivity index (χ1v) is 7.47. The summed E-state index contributed by atoms with van der Waals surface area (Å²) in [7, 11) is 0. The van der Waals surface area contributed by atoms with Crippen molar-refractivity contribution in [1.29, 1.82) is 0 Å². The molecule has 110 valence electrons. The summed E-state index contributed by atoms with van der Waals surface area (Å²) in [5, 5.41) is 11.8. The van der Waals surface area contributed by atoms with Crippen LogP contribution in [0.2, 0.25) is 0 Å². The van der Waals surface area contributed by atoms with Gasteiger partial charge in [0.25, 0.3) is 0 Å². The van der Waals surface area contributed by atoms with Gasteiger partial charge in [-0.05, 0) is 17.7 Å². The van der Waals surface area contributed by atoms with Gasteiger partial charge in [0.2, 0.25) is 11.5 Å². The average molecular weight is 352 g/mol.